The fourth-order valence-electron chi connectivity index (χ4n) is 1.75. The van der Waals surface area contributed by atoms with E-state index in [-0.39, 0.29) is 0 Å². The number of allylic oxidation sites excluding steroid dienone is 8. The molecule has 1 aliphatic carbocycles. The summed E-state index contributed by atoms with van der Waals surface area (Å²) in [6.07, 6.45) is 12.1. The first-order valence-corrected chi connectivity index (χ1v) is 6.49. The molecule has 17 heavy (non-hydrogen) atoms. The molecule has 0 aromatic rings. The van der Waals surface area contributed by atoms with E-state index in [0.717, 1.165) is 24.0 Å². The monoisotopic (exact) mass is 228 g/mol. The maximum absolute atomic E-state index is 4.14. The van der Waals surface area contributed by atoms with Crippen molar-refractivity contribution in [2.24, 2.45) is 5.92 Å². The van der Waals surface area contributed by atoms with Crippen LogP contribution in [0.5, 0.6) is 0 Å². The Balaban J connectivity index is 2.64. The van der Waals surface area contributed by atoms with E-state index in [0.29, 0.717) is 5.92 Å². The van der Waals surface area contributed by atoms with Gasteiger partial charge in [0.25, 0.3) is 0 Å². The van der Waals surface area contributed by atoms with Gasteiger partial charge in [-0.25, -0.2) is 0 Å². The lowest BCUT2D eigenvalue weighted by Gasteiger charge is -2.14. The van der Waals surface area contributed by atoms with Crippen molar-refractivity contribution in [3.05, 3.63) is 59.8 Å². The summed E-state index contributed by atoms with van der Waals surface area (Å²) in [6, 6.07) is 0. The van der Waals surface area contributed by atoms with Gasteiger partial charge in [-0.05, 0) is 36.3 Å². The average molecular weight is 228 g/mol. The highest BCUT2D eigenvalue weighted by Gasteiger charge is 2.06. The Morgan fingerprint density at radius 1 is 1.24 bits per heavy atom. The van der Waals surface area contributed by atoms with Crippen molar-refractivity contribution in [1.29, 1.82) is 0 Å². The molecule has 0 heterocycles. The third kappa shape index (κ3) is 4.22. The molecule has 1 rings (SSSR count). The highest BCUT2D eigenvalue weighted by molar-refractivity contribution is 5.43. The second-order valence-corrected chi connectivity index (χ2v) is 4.96. The molecule has 0 radical (unpaired) electrons. The topological polar surface area (TPSA) is 0 Å². The van der Waals surface area contributed by atoms with Gasteiger partial charge in [0.2, 0.25) is 0 Å². The van der Waals surface area contributed by atoms with Gasteiger partial charge in [-0.1, -0.05) is 69.4 Å². The van der Waals surface area contributed by atoms with Gasteiger partial charge in [-0.3, -0.25) is 0 Å². The van der Waals surface area contributed by atoms with E-state index in [1.54, 1.807) is 0 Å². The summed E-state index contributed by atoms with van der Waals surface area (Å²) in [7, 11) is 0. The largest absolute Gasteiger partial charge is 0.0956 e. The minimum Gasteiger partial charge on any atom is -0.0956 e. The second-order valence-electron chi connectivity index (χ2n) is 4.96. The van der Waals surface area contributed by atoms with Crippen LogP contribution in [-0.2, 0) is 0 Å². The Hall–Kier alpha value is -1.30. The van der Waals surface area contributed by atoms with Crippen molar-refractivity contribution in [2.75, 3.05) is 0 Å². The predicted molar refractivity (Wildman–Crippen MR) is 77.9 cm³/mol. The van der Waals surface area contributed by atoms with E-state index in [1.807, 2.05) is 0 Å². The summed E-state index contributed by atoms with van der Waals surface area (Å²) in [5.74, 6) is 0.506. The summed E-state index contributed by atoms with van der Waals surface area (Å²) in [4.78, 5) is 0. The van der Waals surface area contributed by atoms with Crippen molar-refractivity contribution in [2.45, 2.75) is 40.0 Å². The first-order chi connectivity index (χ1) is 8.04. The van der Waals surface area contributed by atoms with Gasteiger partial charge in [0, 0.05) is 0 Å². The van der Waals surface area contributed by atoms with Crippen molar-refractivity contribution in [3.8, 4) is 0 Å². The van der Waals surface area contributed by atoms with Crippen molar-refractivity contribution < 1.29 is 0 Å². The molecule has 0 aromatic heterocycles. The predicted octanol–water partition coefficient (Wildman–Crippen LogP) is 5.37. The third-order valence-corrected chi connectivity index (χ3v) is 3.34. The molecule has 0 nitrogen and oxygen atoms in total. The standard InChI is InChI=1S/C17H24/c1-6-16-9-11-17(12-10-16)15(5)8-7-14(4)13(2)3/h7-9,11,13H,4-6,10,12H2,1-3H3/b8-7-. The molecule has 0 saturated carbocycles. The first kappa shape index (κ1) is 13.8. The lowest BCUT2D eigenvalue weighted by Crippen LogP contribution is -1.94. The Bertz CT molecular complexity index is 386. The zero-order valence-electron chi connectivity index (χ0n) is 11.4. The summed E-state index contributed by atoms with van der Waals surface area (Å²) < 4.78 is 0. The lowest BCUT2D eigenvalue weighted by molar-refractivity contribution is 0.795. The maximum Gasteiger partial charge on any atom is -0.0225 e. The SMILES string of the molecule is C=C(/C=C\C(=C)C(C)C)C1=CC=C(CC)CC1. The smallest absolute Gasteiger partial charge is 0.0225 e. The summed E-state index contributed by atoms with van der Waals surface area (Å²) in [5, 5.41) is 0. The molecule has 0 fully saturated rings. The Labute approximate surface area is 106 Å². The highest BCUT2D eigenvalue weighted by atomic mass is 14.1. The molecular weight excluding hydrogens is 204 g/mol. The van der Waals surface area contributed by atoms with Crippen molar-refractivity contribution in [1.82, 2.24) is 0 Å². The van der Waals surface area contributed by atoms with Gasteiger partial charge in [0.05, 0.1) is 0 Å². The minimum atomic E-state index is 0.506. The Morgan fingerprint density at radius 3 is 2.41 bits per heavy atom. The molecule has 1 aliphatic rings. The summed E-state index contributed by atoms with van der Waals surface area (Å²) in [6.45, 7) is 14.7. The molecule has 0 bridgehead atoms. The zero-order chi connectivity index (χ0) is 12.8. The van der Waals surface area contributed by atoms with Crippen LogP contribution in [0.2, 0.25) is 0 Å². The van der Waals surface area contributed by atoms with Crippen LogP contribution in [0.1, 0.15) is 40.0 Å². The van der Waals surface area contributed by atoms with Gasteiger partial charge in [0.15, 0.2) is 0 Å². The van der Waals surface area contributed by atoms with E-state index in [2.05, 4.69) is 58.2 Å². The van der Waals surface area contributed by atoms with Crippen molar-refractivity contribution in [3.63, 3.8) is 0 Å². The third-order valence-electron chi connectivity index (χ3n) is 3.34. The van der Waals surface area contributed by atoms with Crippen LogP contribution in [0.4, 0.5) is 0 Å². The van der Waals surface area contributed by atoms with E-state index >= 15 is 0 Å². The van der Waals surface area contributed by atoms with Crippen molar-refractivity contribution >= 4 is 0 Å². The van der Waals surface area contributed by atoms with E-state index in [9.17, 15) is 0 Å². The molecule has 0 heteroatoms. The number of rotatable bonds is 5. The summed E-state index contributed by atoms with van der Waals surface area (Å²) >= 11 is 0. The van der Waals surface area contributed by atoms with Gasteiger partial charge in [0.1, 0.15) is 0 Å². The number of hydrogen-bond acceptors (Lipinski definition) is 0. The number of hydrogen-bond donors (Lipinski definition) is 0. The normalized spacial score (nSPS) is 16.0. The minimum absolute atomic E-state index is 0.506. The highest BCUT2D eigenvalue weighted by Crippen LogP contribution is 2.25. The second kappa shape index (κ2) is 6.44. The molecule has 0 aliphatic heterocycles. The molecule has 0 unspecified atom stereocenters. The van der Waals surface area contributed by atoms with Crippen LogP contribution in [0, 0.1) is 5.92 Å². The molecule has 0 N–H and O–H groups in total. The molecule has 0 spiro atoms. The van der Waals surface area contributed by atoms with Gasteiger partial charge >= 0.3 is 0 Å². The molecule has 0 atom stereocenters. The van der Waals surface area contributed by atoms with E-state index in [1.165, 1.54) is 17.6 Å². The average Bonchev–Trinajstić information content (AvgIpc) is 2.35. The van der Waals surface area contributed by atoms with Gasteiger partial charge in [-0.15, -0.1) is 0 Å². The van der Waals surface area contributed by atoms with Crippen LogP contribution in [0.25, 0.3) is 0 Å². The fourth-order valence-corrected chi connectivity index (χ4v) is 1.75. The fraction of sp³-hybridized carbons (Fsp3) is 0.412. The summed E-state index contributed by atoms with van der Waals surface area (Å²) in [5.41, 5.74) is 5.18. The van der Waals surface area contributed by atoms with Crippen LogP contribution in [0.15, 0.2) is 59.8 Å². The van der Waals surface area contributed by atoms with Crippen LogP contribution in [-0.4, -0.2) is 0 Å². The molecular formula is C17H24. The van der Waals surface area contributed by atoms with E-state index < -0.39 is 0 Å². The zero-order valence-corrected chi connectivity index (χ0v) is 11.4. The van der Waals surface area contributed by atoms with Gasteiger partial charge in [-0.2, -0.15) is 0 Å². The van der Waals surface area contributed by atoms with E-state index in [4.69, 9.17) is 0 Å². The lowest BCUT2D eigenvalue weighted by atomic mass is 9.92. The first-order valence-electron chi connectivity index (χ1n) is 6.49. The quantitative estimate of drug-likeness (QED) is 0.555. The Kier molecular flexibility index (Phi) is 5.21. The van der Waals surface area contributed by atoms with Crippen LogP contribution >= 0.6 is 0 Å². The van der Waals surface area contributed by atoms with Crippen LogP contribution in [0.3, 0.4) is 0 Å². The van der Waals surface area contributed by atoms with Gasteiger partial charge < -0.3 is 0 Å². The molecule has 0 aromatic carbocycles. The Morgan fingerprint density at radius 2 is 1.94 bits per heavy atom. The maximum atomic E-state index is 4.14. The molecule has 92 valence electrons. The molecule has 0 amide bonds. The molecule has 0 saturated heterocycles. The van der Waals surface area contributed by atoms with Crippen LogP contribution < -0.4 is 0 Å².